The topological polar surface area (TPSA) is 12.9 Å². The zero-order valence-electron chi connectivity index (χ0n) is 8.07. The average molecular weight is 179 g/mol. The van der Waals surface area contributed by atoms with Crippen LogP contribution < -0.4 is 5.46 Å². The Morgan fingerprint density at radius 1 is 1.07 bits per heavy atom. The summed E-state index contributed by atoms with van der Waals surface area (Å²) in [5.74, 6) is 0. The first kappa shape index (κ1) is 9.01. The number of benzene rings is 1. The lowest BCUT2D eigenvalue weighted by Gasteiger charge is -2.02. The molecule has 0 aliphatic carbocycles. The third-order valence-electron chi connectivity index (χ3n) is 2.13. The summed E-state index contributed by atoms with van der Waals surface area (Å²) in [5, 5.41) is 0. The Hall–Kier alpha value is -1.57. The lowest BCUT2D eigenvalue weighted by Crippen LogP contribution is -2.02. The number of hydrogen-bond acceptors (Lipinski definition) is 1. The maximum atomic E-state index is 5.69. The van der Waals surface area contributed by atoms with Gasteiger partial charge in [0.15, 0.2) is 0 Å². The van der Waals surface area contributed by atoms with Crippen molar-refractivity contribution >= 4 is 13.3 Å². The highest BCUT2D eigenvalue weighted by atomic mass is 14.7. The van der Waals surface area contributed by atoms with Crippen molar-refractivity contribution in [1.82, 2.24) is 4.98 Å². The standard InChI is InChI=1S/C12H10BN/c1-9-2-4-10(5-3-9)12-8-11(13)6-7-14-12/h2-8H,1H3. The van der Waals surface area contributed by atoms with Crippen LogP contribution in [0.2, 0.25) is 0 Å². The molecule has 0 aliphatic heterocycles. The number of aryl methyl sites for hydroxylation is 1. The van der Waals surface area contributed by atoms with Crippen molar-refractivity contribution in [1.29, 1.82) is 0 Å². The molecule has 2 rings (SSSR count). The molecule has 1 heterocycles. The van der Waals surface area contributed by atoms with Crippen molar-refractivity contribution in [3.05, 3.63) is 48.2 Å². The molecule has 2 radical (unpaired) electrons. The molecule has 0 saturated heterocycles. The van der Waals surface area contributed by atoms with Crippen LogP contribution in [0.3, 0.4) is 0 Å². The van der Waals surface area contributed by atoms with Crippen LogP contribution >= 0.6 is 0 Å². The number of rotatable bonds is 1. The summed E-state index contributed by atoms with van der Waals surface area (Å²) >= 11 is 0. The Balaban J connectivity index is 2.44. The first-order valence-corrected chi connectivity index (χ1v) is 4.54. The van der Waals surface area contributed by atoms with E-state index in [-0.39, 0.29) is 0 Å². The Bertz CT molecular complexity index is 434. The highest BCUT2D eigenvalue weighted by molar-refractivity contribution is 6.32. The highest BCUT2D eigenvalue weighted by Crippen LogP contribution is 2.15. The van der Waals surface area contributed by atoms with Gasteiger partial charge in [-0.05, 0) is 13.0 Å². The molecule has 1 aromatic carbocycles. The zero-order chi connectivity index (χ0) is 9.97. The van der Waals surface area contributed by atoms with E-state index in [2.05, 4.69) is 36.2 Å². The summed E-state index contributed by atoms with van der Waals surface area (Å²) in [4.78, 5) is 4.26. The molecule has 2 heteroatoms. The summed E-state index contributed by atoms with van der Waals surface area (Å²) in [6.07, 6.45) is 1.73. The van der Waals surface area contributed by atoms with Crippen LogP contribution in [0, 0.1) is 6.92 Å². The summed E-state index contributed by atoms with van der Waals surface area (Å²) in [6, 6.07) is 11.9. The molecule has 0 saturated carbocycles. The molecule has 0 spiro atoms. The van der Waals surface area contributed by atoms with Gasteiger partial charge in [-0.1, -0.05) is 41.4 Å². The minimum absolute atomic E-state index is 0.746. The molecular weight excluding hydrogens is 169 g/mol. The van der Waals surface area contributed by atoms with Crippen LogP contribution in [0.5, 0.6) is 0 Å². The van der Waals surface area contributed by atoms with Gasteiger partial charge in [-0.15, -0.1) is 0 Å². The van der Waals surface area contributed by atoms with Crippen molar-refractivity contribution in [2.75, 3.05) is 0 Å². The number of nitrogens with zero attached hydrogens (tertiary/aromatic N) is 1. The van der Waals surface area contributed by atoms with Gasteiger partial charge in [0.25, 0.3) is 0 Å². The molecule has 1 nitrogen and oxygen atoms in total. The van der Waals surface area contributed by atoms with Crippen LogP contribution in [-0.2, 0) is 0 Å². The molecule has 0 fully saturated rings. The van der Waals surface area contributed by atoms with Crippen LogP contribution in [0.4, 0.5) is 0 Å². The highest BCUT2D eigenvalue weighted by Gasteiger charge is 1.97. The maximum Gasteiger partial charge on any atom is 0.113 e. The normalized spacial score (nSPS) is 10.1. The molecule has 2 aromatic rings. The second kappa shape index (κ2) is 3.66. The van der Waals surface area contributed by atoms with E-state index < -0.39 is 0 Å². The SMILES string of the molecule is [B]c1ccnc(-c2ccc(C)cc2)c1. The fourth-order valence-electron chi connectivity index (χ4n) is 1.33. The number of aromatic nitrogens is 1. The lowest BCUT2D eigenvalue weighted by atomic mass is 9.95. The van der Waals surface area contributed by atoms with Crippen LogP contribution in [0.15, 0.2) is 42.6 Å². The Morgan fingerprint density at radius 2 is 1.79 bits per heavy atom. The Labute approximate surface area is 85.2 Å². The molecule has 1 aromatic heterocycles. The molecule has 0 N–H and O–H groups in total. The molecule has 0 atom stereocenters. The second-order valence-corrected chi connectivity index (χ2v) is 3.34. The molecule has 0 aliphatic rings. The summed E-state index contributed by atoms with van der Waals surface area (Å²) < 4.78 is 0. The van der Waals surface area contributed by atoms with Crippen LogP contribution in [-0.4, -0.2) is 12.8 Å². The zero-order valence-corrected chi connectivity index (χ0v) is 8.07. The van der Waals surface area contributed by atoms with E-state index in [9.17, 15) is 0 Å². The van der Waals surface area contributed by atoms with Gasteiger partial charge in [0.2, 0.25) is 0 Å². The van der Waals surface area contributed by atoms with Crippen molar-refractivity contribution in [3.8, 4) is 11.3 Å². The van der Waals surface area contributed by atoms with Crippen molar-refractivity contribution < 1.29 is 0 Å². The van der Waals surface area contributed by atoms with Crippen molar-refractivity contribution in [2.45, 2.75) is 6.92 Å². The third kappa shape index (κ3) is 1.85. The summed E-state index contributed by atoms with van der Waals surface area (Å²) in [7, 11) is 5.69. The van der Waals surface area contributed by atoms with E-state index in [0.717, 1.165) is 16.7 Å². The second-order valence-electron chi connectivity index (χ2n) is 3.34. The monoisotopic (exact) mass is 179 g/mol. The fourth-order valence-corrected chi connectivity index (χ4v) is 1.33. The third-order valence-corrected chi connectivity index (χ3v) is 2.13. The predicted molar refractivity (Wildman–Crippen MR) is 59.8 cm³/mol. The van der Waals surface area contributed by atoms with Gasteiger partial charge in [0.05, 0.1) is 5.69 Å². The van der Waals surface area contributed by atoms with Gasteiger partial charge >= 0.3 is 0 Å². The van der Waals surface area contributed by atoms with E-state index >= 15 is 0 Å². The van der Waals surface area contributed by atoms with Crippen LogP contribution in [0.1, 0.15) is 5.56 Å². The minimum atomic E-state index is 0.746. The van der Waals surface area contributed by atoms with E-state index in [1.54, 1.807) is 12.3 Å². The van der Waals surface area contributed by atoms with E-state index in [0.29, 0.717) is 0 Å². The van der Waals surface area contributed by atoms with Gasteiger partial charge in [-0.2, -0.15) is 0 Å². The summed E-state index contributed by atoms with van der Waals surface area (Å²) in [6.45, 7) is 2.07. The van der Waals surface area contributed by atoms with Gasteiger partial charge < -0.3 is 0 Å². The fraction of sp³-hybridized carbons (Fsp3) is 0.0833. The van der Waals surface area contributed by atoms with Crippen molar-refractivity contribution in [3.63, 3.8) is 0 Å². The summed E-state index contributed by atoms with van der Waals surface area (Å²) in [5.41, 5.74) is 4.01. The van der Waals surface area contributed by atoms with E-state index in [1.165, 1.54) is 5.56 Å². The quantitative estimate of drug-likeness (QED) is 0.608. The molecule has 14 heavy (non-hydrogen) atoms. The number of pyridine rings is 1. The molecule has 0 unspecified atom stereocenters. The van der Waals surface area contributed by atoms with Crippen LogP contribution in [0.25, 0.3) is 11.3 Å². The lowest BCUT2D eigenvalue weighted by molar-refractivity contribution is 1.33. The van der Waals surface area contributed by atoms with E-state index in [1.807, 2.05) is 6.07 Å². The molecule has 0 amide bonds. The van der Waals surface area contributed by atoms with Gasteiger partial charge in [-0.3, -0.25) is 4.98 Å². The molecule has 0 bridgehead atoms. The number of hydrogen-bond donors (Lipinski definition) is 0. The molecular formula is C12H10BN. The first-order valence-electron chi connectivity index (χ1n) is 4.54. The Kier molecular flexibility index (Phi) is 2.36. The average Bonchev–Trinajstić information content (AvgIpc) is 2.19. The maximum absolute atomic E-state index is 5.69. The smallest absolute Gasteiger partial charge is 0.113 e. The largest absolute Gasteiger partial charge is 0.256 e. The Morgan fingerprint density at radius 3 is 2.43 bits per heavy atom. The van der Waals surface area contributed by atoms with Gasteiger partial charge in [-0.25, -0.2) is 0 Å². The van der Waals surface area contributed by atoms with Gasteiger partial charge in [0.1, 0.15) is 7.85 Å². The minimum Gasteiger partial charge on any atom is -0.256 e. The van der Waals surface area contributed by atoms with Crippen molar-refractivity contribution in [2.24, 2.45) is 0 Å². The predicted octanol–water partition coefficient (Wildman–Crippen LogP) is 1.85. The van der Waals surface area contributed by atoms with Gasteiger partial charge in [0, 0.05) is 11.8 Å². The molecule has 66 valence electrons. The van der Waals surface area contributed by atoms with E-state index in [4.69, 9.17) is 7.85 Å². The first-order chi connectivity index (χ1) is 6.75.